The third-order valence-corrected chi connectivity index (χ3v) is 4.78. The van der Waals surface area contributed by atoms with E-state index in [4.69, 9.17) is 0 Å². The van der Waals surface area contributed by atoms with E-state index < -0.39 is 0 Å². The highest BCUT2D eigenvalue weighted by Gasteiger charge is 2.23. The minimum Gasteiger partial charge on any atom is -0.374 e. The molecule has 1 N–H and O–H groups in total. The van der Waals surface area contributed by atoms with Gasteiger partial charge in [-0.15, -0.1) is 0 Å². The fourth-order valence-corrected chi connectivity index (χ4v) is 3.37. The maximum absolute atomic E-state index is 4.28. The minimum atomic E-state index is 0.313. The van der Waals surface area contributed by atoms with Gasteiger partial charge >= 0.3 is 0 Å². The van der Waals surface area contributed by atoms with Crippen molar-refractivity contribution >= 4 is 11.4 Å². The number of pyridine rings is 1. The molecule has 0 saturated heterocycles. The number of nitrogens with one attached hydrogen (secondary N) is 1. The van der Waals surface area contributed by atoms with Crippen LogP contribution in [-0.2, 0) is 0 Å². The van der Waals surface area contributed by atoms with E-state index in [1.165, 1.54) is 12.1 Å². The first-order valence-electron chi connectivity index (χ1n) is 8.58. The Balaban J connectivity index is 1.80. The first-order valence-corrected chi connectivity index (χ1v) is 8.58. The van der Waals surface area contributed by atoms with Crippen molar-refractivity contribution in [2.45, 2.75) is 32.7 Å². The van der Waals surface area contributed by atoms with Gasteiger partial charge in [-0.25, -0.2) is 0 Å². The van der Waals surface area contributed by atoms with Crippen molar-refractivity contribution in [2.75, 3.05) is 37.0 Å². The summed E-state index contributed by atoms with van der Waals surface area (Å²) in [5.74, 6) is 0. The molecule has 1 aliphatic rings. The number of anilines is 2. The van der Waals surface area contributed by atoms with Gasteiger partial charge < -0.3 is 10.2 Å². The molecule has 3 rings (SSSR count). The molecule has 2 aromatic rings. The highest BCUT2D eigenvalue weighted by molar-refractivity contribution is 5.70. The number of rotatable bonds is 6. The van der Waals surface area contributed by atoms with Crippen LogP contribution in [0, 0.1) is 0 Å². The normalized spacial score (nSPS) is 16.7. The Kier molecular flexibility index (Phi) is 4.86. The second kappa shape index (κ2) is 7.04. The van der Waals surface area contributed by atoms with Gasteiger partial charge in [0.15, 0.2) is 0 Å². The number of hydrogen-bond acceptors (Lipinski definition) is 4. The third-order valence-electron chi connectivity index (χ3n) is 4.78. The molecule has 0 radical (unpaired) electrons. The molecule has 0 saturated carbocycles. The van der Waals surface area contributed by atoms with Gasteiger partial charge in [0, 0.05) is 19.4 Å². The topological polar surface area (TPSA) is 36.3 Å². The molecule has 2 aromatic heterocycles. The van der Waals surface area contributed by atoms with E-state index in [1.807, 2.05) is 12.4 Å². The molecule has 1 unspecified atom stereocenters. The molecule has 5 nitrogen and oxygen atoms in total. The Hall–Kier alpha value is -2.01. The van der Waals surface area contributed by atoms with Crippen molar-refractivity contribution in [3.05, 3.63) is 42.5 Å². The Morgan fingerprint density at radius 2 is 2.09 bits per heavy atom. The Morgan fingerprint density at radius 3 is 2.87 bits per heavy atom. The van der Waals surface area contributed by atoms with Gasteiger partial charge in [0.1, 0.15) is 0 Å². The van der Waals surface area contributed by atoms with Crippen molar-refractivity contribution < 1.29 is 0 Å². The monoisotopic (exact) mass is 313 g/mol. The first kappa shape index (κ1) is 15.9. The summed E-state index contributed by atoms with van der Waals surface area (Å²) in [5, 5.41) is 5.88. The van der Waals surface area contributed by atoms with E-state index >= 15 is 0 Å². The summed E-state index contributed by atoms with van der Waals surface area (Å²) in [4.78, 5) is 6.77. The van der Waals surface area contributed by atoms with E-state index in [0.717, 1.165) is 37.4 Å². The second-order valence-corrected chi connectivity index (χ2v) is 6.06. The number of hydrogen-bond donors (Lipinski definition) is 1. The lowest BCUT2D eigenvalue weighted by Gasteiger charge is -2.23. The molecule has 0 spiro atoms. The predicted octanol–water partition coefficient (Wildman–Crippen LogP) is 3.37. The number of fused-ring (bicyclic) bond motifs is 2. The lowest BCUT2D eigenvalue weighted by Crippen LogP contribution is -2.26. The molecule has 1 aliphatic heterocycles. The quantitative estimate of drug-likeness (QED) is 0.887. The highest BCUT2D eigenvalue weighted by Crippen LogP contribution is 2.34. The van der Waals surface area contributed by atoms with Gasteiger partial charge in [-0.3, -0.25) is 14.7 Å². The summed E-state index contributed by atoms with van der Waals surface area (Å²) < 4.78 is 2.24. The molecule has 23 heavy (non-hydrogen) atoms. The van der Waals surface area contributed by atoms with Crippen LogP contribution in [0.5, 0.6) is 0 Å². The molecular formula is C18H27N5. The van der Waals surface area contributed by atoms with Crippen LogP contribution in [0.1, 0.15) is 38.4 Å². The number of aromatic nitrogens is 2. The fraction of sp³-hybridized carbons (Fsp3) is 0.500. The second-order valence-electron chi connectivity index (χ2n) is 6.06. The average Bonchev–Trinajstić information content (AvgIpc) is 3.03. The van der Waals surface area contributed by atoms with Gasteiger partial charge in [0.2, 0.25) is 0 Å². The molecule has 0 amide bonds. The number of nitrogens with zero attached hydrogens (tertiary/aromatic N) is 4. The summed E-state index contributed by atoms with van der Waals surface area (Å²) in [6.07, 6.45) is 8.20. The third kappa shape index (κ3) is 3.20. The van der Waals surface area contributed by atoms with Crippen LogP contribution >= 0.6 is 0 Å². The lowest BCUT2D eigenvalue weighted by molar-refractivity contribution is 0.294. The van der Waals surface area contributed by atoms with Crippen molar-refractivity contribution in [3.63, 3.8) is 0 Å². The molecule has 3 heterocycles. The van der Waals surface area contributed by atoms with E-state index in [0.29, 0.717) is 6.04 Å². The highest BCUT2D eigenvalue weighted by atomic mass is 15.5. The van der Waals surface area contributed by atoms with Gasteiger partial charge in [0.25, 0.3) is 0 Å². The maximum atomic E-state index is 4.28. The predicted molar refractivity (Wildman–Crippen MR) is 95.9 cm³/mol. The van der Waals surface area contributed by atoms with Gasteiger partial charge in [-0.2, -0.15) is 0 Å². The molecule has 0 aromatic carbocycles. The van der Waals surface area contributed by atoms with Crippen molar-refractivity contribution in [3.8, 4) is 0 Å². The Bertz CT molecular complexity index is 632. The summed E-state index contributed by atoms with van der Waals surface area (Å²) >= 11 is 0. The molecule has 124 valence electrons. The zero-order valence-corrected chi connectivity index (χ0v) is 14.4. The molecule has 0 bridgehead atoms. The van der Waals surface area contributed by atoms with Crippen molar-refractivity contribution in [1.29, 1.82) is 0 Å². The van der Waals surface area contributed by atoms with Crippen molar-refractivity contribution in [1.82, 2.24) is 14.6 Å². The zero-order chi connectivity index (χ0) is 16.2. The van der Waals surface area contributed by atoms with Crippen LogP contribution in [0.25, 0.3) is 0 Å². The summed E-state index contributed by atoms with van der Waals surface area (Å²) in [6.45, 7) is 7.87. The van der Waals surface area contributed by atoms with E-state index in [1.54, 1.807) is 0 Å². The summed E-state index contributed by atoms with van der Waals surface area (Å²) in [6, 6.07) is 6.71. The van der Waals surface area contributed by atoms with E-state index in [9.17, 15) is 0 Å². The zero-order valence-electron chi connectivity index (χ0n) is 14.4. The average molecular weight is 313 g/mol. The lowest BCUT2D eigenvalue weighted by atomic mass is 10.1. The smallest absolute Gasteiger partial charge is 0.0837 e. The standard InChI is InChI=1S/C18H27N5/c1-4-22(5-2)12-6-8-15-18-9-7-13-23(18)21(3)17-10-11-19-14-16(17)20-15/h7,9-11,13-15,20H,4-6,8,12H2,1-3H3. The summed E-state index contributed by atoms with van der Waals surface area (Å²) in [5.41, 5.74) is 3.57. The van der Waals surface area contributed by atoms with E-state index in [2.05, 4.69) is 70.2 Å². The molecule has 1 atom stereocenters. The van der Waals surface area contributed by atoms with Crippen LogP contribution in [0.3, 0.4) is 0 Å². The van der Waals surface area contributed by atoms with Gasteiger partial charge in [-0.1, -0.05) is 13.8 Å². The fourth-order valence-electron chi connectivity index (χ4n) is 3.37. The van der Waals surface area contributed by atoms with Crippen LogP contribution in [0.4, 0.5) is 11.4 Å². The SMILES string of the molecule is CCN(CC)CCCC1Nc2cnccc2N(C)n2cccc21. The minimum absolute atomic E-state index is 0.313. The Labute approximate surface area is 138 Å². The van der Waals surface area contributed by atoms with Crippen molar-refractivity contribution in [2.24, 2.45) is 0 Å². The largest absolute Gasteiger partial charge is 0.374 e. The molecular weight excluding hydrogens is 286 g/mol. The molecule has 0 aliphatic carbocycles. The van der Waals surface area contributed by atoms with Crippen LogP contribution in [0.15, 0.2) is 36.8 Å². The first-order chi connectivity index (χ1) is 11.2. The van der Waals surface area contributed by atoms with E-state index in [-0.39, 0.29) is 0 Å². The van der Waals surface area contributed by atoms with Gasteiger partial charge in [0.05, 0.1) is 29.3 Å². The maximum Gasteiger partial charge on any atom is 0.0837 e. The molecule has 0 fully saturated rings. The Morgan fingerprint density at radius 1 is 1.26 bits per heavy atom. The van der Waals surface area contributed by atoms with Gasteiger partial charge in [-0.05, 0) is 50.7 Å². The van der Waals surface area contributed by atoms with Crippen LogP contribution in [0.2, 0.25) is 0 Å². The van der Waals surface area contributed by atoms with Crippen LogP contribution in [-0.4, -0.2) is 41.2 Å². The summed E-state index contributed by atoms with van der Waals surface area (Å²) in [7, 11) is 2.10. The van der Waals surface area contributed by atoms with Crippen LogP contribution < -0.4 is 10.3 Å². The molecule has 5 heteroatoms.